The standard InChI is InChI=1S/C14H26N6O/c1-5-19(6-2)13-16-12(15-4)17-14(18-13)20-8-7-10(3)11(20)9-21/h10-11,21H,5-9H2,1-4H3,(H,15,16,17,18). The summed E-state index contributed by atoms with van der Waals surface area (Å²) < 4.78 is 0. The summed E-state index contributed by atoms with van der Waals surface area (Å²) in [5.41, 5.74) is 0. The molecule has 1 aromatic rings. The summed E-state index contributed by atoms with van der Waals surface area (Å²) >= 11 is 0. The van der Waals surface area contributed by atoms with Gasteiger partial charge in [-0.3, -0.25) is 0 Å². The first kappa shape index (κ1) is 15.8. The minimum Gasteiger partial charge on any atom is -0.394 e. The van der Waals surface area contributed by atoms with Crippen molar-refractivity contribution < 1.29 is 5.11 Å². The van der Waals surface area contributed by atoms with Crippen molar-refractivity contribution in [3.63, 3.8) is 0 Å². The van der Waals surface area contributed by atoms with E-state index < -0.39 is 0 Å². The highest BCUT2D eigenvalue weighted by atomic mass is 16.3. The fourth-order valence-electron chi connectivity index (χ4n) is 2.78. The van der Waals surface area contributed by atoms with Crippen molar-refractivity contribution in [2.75, 3.05) is 48.4 Å². The summed E-state index contributed by atoms with van der Waals surface area (Å²) in [6, 6.07) is 0.0849. The fourth-order valence-corrected chi connectivity index (χ4v) is 2.78. The van der Waals surface area contributed by atoms with Crippen LogP contribution in [0.1, 0.15) is 27.2 Å². The highest BCUT2D eigenvalue weighted by molar-refractivity contribution is 5.46. The van der Waals surface area contributed by atoms with Crippen LogP contribution < -0.4 is 15.1 Å². The molecular weight excluding hydrogens is 268 g/mol. The Labute approximate surface area is 126 Å². The van der Waals surface area contributed by atoms with Gasteiger partial charge >= 0.3 is 0 Å². The SMILES string of the molecule is CCN(CC)c1nc(NC)nc(N2CCC(C)C2CO)n1. The normalized spacial score (nSPS) is 21.7. The van der Waals surface area contributed by atoms with Crippen molar-refractivity contribution in [1.82, 2.24) is 15.0 Å². The molecule has 2 atom stereocenters. The Hall–Kier alpha value is -1.63. The van der Waals surface area contributed by atoms with Crippen LogP contribution >= 0.6 is 0 Å². The highest BCUT2D eigenvalue weighted by Crippen LogP contribution is 2.28. The minimum absolute atomic E-state index is 0.0849. The summed E-state index contributed by atoms with van der Waals surface area (Å²) in [6.45, 7) is 9.03. The lowest BCUT2D eigenvalue weighted by molar-refractivity contribution is 0.244. The van der Waals surface area contributed by atoms with Crippen LogP contribution in [0, 0.1) is 5.92 Å². The Bertz CT molecular complexity index is 465. The molecule has 1 aromatic heterocycles. The molecule has 2 unspecified atom stereocenters. The molecule has 118 valence electrons. The average Bonchev–Trinajstić information content (AvgIpc) is 2.89. The van der Waals surface area contributed by atoms with Gasteiger partial charge in [-0.15, -0.1) is 0 Å². The first-order chi connectivity index (χ1) is 10.1. The van der Waals surface area contributed by atoms with Gasteiger partial charge in [0, 0.05) is 26.7 Å². The zero-order valence-corrected chi connectivity index (χ0v) is 13.4. The second-order valence-corrected chi connectivity index (χ2v) is 5.39. The fraction of sp³-hybridized carbons (Fsp3) is 0.786. The smallest absolute Gasteiger partial charge is 0.232 e. The zero-order chi connectivity index (χ0) is 15.4. The maximum atomic E-state index is 9.63. The minimum atomic E-state index is 0.0849. The van der Waals surface area contributed by atoms with Crippen molar-refractivity contribution in [3.8, 4) is 0 Å². The molecule has 2 rings (SSSR count). The summed E-state index contributed by atoms with van der Waals surface area (Å²) in [7, 11) is 1.81. The average molecular weight is 294 g/mol. The molecule has 0 saturated carbocycles. The van der Waals surface area contributed by atoms with E-state index in [0.29, 0.717) is 23.8 Å². The van der Waals surface area contributed by atoms with Crippen molar-refractivity contribution >= 4 is 17.8 Å². The molecule has 1 aliphatic rings. The number of aliphatic hydroxyl groups is 1. The van der Waals surface area contributed by atoms with Gasteiger partial charge in [0.25, 0.3) is 0 Å². The lowest BCUT2D eigenvalue weighted by atomic mass is 10.0. The quantitative estimate of drug-likeness (QED) is 0.809. The van der Waals surface area contributed by atoms with Crippen LogP contribution in [0.4, 0.5) is 17.8 Å². The molecule has 0 spiro atoms. The molecule has 2 heterocycles. The molecule has 0 aromatic carbocycles. The molecule has 1 aliphatic heterocycles. The number of aromatic nitrogens is 3. The number of nitrogens with zero attached hydrogens (tertiary/aromatic N) is 5. The molecule has 7 nitrogen and oxygen atoms in total. The molecule has 21 heavy (non-hydrogen) atoms. The molecule has 0 amide bonds. The van der Waals surface area contributed by atoms with E-state index in [0.717, 1.165) is 26.1 Å². The topological polar surface area (TPSA) is 77.4 Å². The number of hydrogen-bond acceptors (Lipinski definition) is 7. The molecule has 0 radical (unpaired) electrons. The third-order valence-electron chi connectivity index (χ3n) is 4.21. The summed E-state index contributed by atoms with van der Waals surface area (Å²) in [6.07, 6.45) is 1.05. The van der Waals surface area contributed by atoms with Crippen LogP contribution in [0.5, 0.6) is 0 Å². The van der Waals surface area contributed by atoms with E-state index in [1.54, 1.807) is 7.05 Å². The van der Waals surface area contributed by atoms with Crippen molar-refractivity contribution in [3.05, 3.63) is 0 Å². The molecule has 1 fully saturated rings. The van der Waals surface area contributed by atoms with Crippen LogP contribution in [0.15, 0.2) is 0 Å². The van der Waals surface area contributed by atoms with Gasteiger partial charge in [0.1, 0.15) is 0 Å². The molecule has 0 bridgehead atoms. The number of rotatable bonds is 6. The van der Waals surface area contributed by atoms with Crippen molar-refractivity contribution in [2.24, 2.45) is 5.92 Å². The van der Waals surface area contributed by atoms with Gasteiger partial charge < -0.3 is 20.2 Å². The van der Waals surface area contributed by atoms with E-state index in [-0.39, 0.29) is 12.6 Å². The number of anilines is 3. The van der Waals surface area contributed by atoms with E-state index in [4.69, 9.17) is 0 Å². The van der Waals surface area contributed by atoms with Gasteiger partial charge in [0.2, 0.25) is 17.8 Å². The van der Waals surface area contributed by atoms with Gasteiger partial charge in [-0.1, -0.05) is 6.92 Å². The Morgan fingerprint density at radius 3 is 2.57 bits per heavy atom. The van der Waals surface area contributed by atoms with E-state index in [1.807, 2.05) is 0 Å². The van der Waals surface area contributed by atoms with E-state index in [2.05, 4.69) is 50.8 Å². The second kappa shape index (κ2) is 6.89. The van der Waals surface area contributed by atoms with Gasteiger partial charge in [0.15, 0.2) is 0 Å². The first-order valence-corrected chi connectivity index (χ1v) is 7.70. The Morgan fingerprint density at radius 1 is 1.29 bits per heavy atom. The number of nitrogens with one attached hydrogen (secondary N) is 1. The lowest BCUT2D eigenvalue weighted by Gasteiger charge is -2.27. The van der Waals surface area contributed by atoms with Gasteiger partial charge in [-0.05, 0) is 26.2 Å². The largest absolute Gasteiger partial charge is 0.394 e. The second-order valence-electron chi connectivity index (χ2n) is 5.39. The van der Waals surface area contributed by atoms with E-state index in [9.17, 15) is 5.11 Å². The number of aliphatic hydroxyl groups excluding tert-OH is 1. The predicted molar refractivity (Wildman–Crippen MR) is 84.9 cm³/mol. The lowest BCUT2D eigenvalue weighted by Crippen LogP contribution is -2.37. The van der Waals surface area contributed by atoms with Crippen molar-refractivity contribution in [1.29, 1.82) is 0 Å². The number of hydrogen-bond donors (Lipinski definition) is 2. The molecule has 2 N–H and O–H groups in total. The van der Waals surface area contributed by atoms with E-state index >= 15 is 0 Å². The zero-order valence-electron chi connectivity index (χ0n) is 13.4. The summed E-state index contributed by atoms with van der Waals surface area (Å²) in [5.74, 6) is 2.35. The van der Waals surface area contributed by atoms with Gasteiger partial charge in [-0.2, -0.15) is 15.0 Å². The van der Waals surface area contributed by atoms with Crippen LogP contribution in [0.3, 0.4) is 0 Å². The van der Waals surface area contributed by atoms with Crippen LogP contribution in [0.2, 0.25) is 0 Å². The molecular formula is C14H26N6O. The van der Waals surface area contributed by atoms with Crippen LogP contribution in [-0.2, 0) is 0 Å². The molecule has 7 heteroatoms. The van der Waals surface area contributed by atoms with Crippen LogP contribution in [-0.4, -0.2) is 59.4 Å². The summed E-state index contributed by atoms with van der Waals surface area (Å²) in [4.78, 5) is 17.7. The Balaban J connectivity index is 2.36. The Morgan fingerprint density at radius 2 is 2.00 bits per heavy atom. The van der Waals surface area contributed by atoms with Crippen molar-refractivity contribution in [2.45, 2.75) is 33.2 Å². The van der Waals surface area contributed by atoms with E-state index in [1.165, 1.54) is 0 Å². The first-order valence-electron chi connectivity index (χ1n) is 7.70. The molecule has 1 saturated heterocycles. The third kappa shape index (κ3) is 3.18. The van der Waals surface area contributed by atoms with Gasteiger partial charge in [-0.25, -0.2) is 0 Å². The van der Waals surface area contributed by atoms with Crippen LogP contribution in [0.25, 0.3) is 0 Å². The van der Waals surface area contributed by atoms with Gasteiger partial charge in [0.05, 0.1) is 12.6 Å². The third-order valence-corrected chi connectivity index (χ3v) is 4.21. The Kier molecular flexibility index (Phi) is 5.17. The monoisotopic (exact) mass is 294 g/mol. The molecule has 0 aliphatic carbocycles. The summed E-state index contributed by atoms with van der Waals surface area (Å²) in [5, 5.41) is 12.6. The maximum absolute atomic E-state index is 9.63. The predicted octanol–water partition coefficient (Wildman–Crippen LogP) is 0.967. The highest BCUT2D eigenvalue weighted by Gasteiger charge is 2.33. The maximum Gasteiger partial charge on any atom is 0.232 e.